The van der Waals surface area contributed by atoms with Crippen molar-refractivity contribution in [1.29, 1.82) is 0 Å². The number of benzene rings is 1. The second-order valence-electron chi connectivity index (χ2n) is 2.91. The number of nitrogens with zero attached hydrogens (tertiary/aromatic N) is 2. The number of halogens is 1. The zero-order valence-electron chi connectivity index (χ0n) is 8.14. The molecule has 0 aliphatic carbocycles. The molecule has 1 heterocycles. The van der Waals surface area contributed by atoms with E-state index in [4.69, 9.17) is 0 Å². The van der Waals surface area contributed by atoms with E-state index >= 15 is 0 Å². The first kappa shape index (κ1) is 10.6. The fourth-order valence-corrected chi connectivity index (χ4v) is 2.10. The first-order chi connectivity index (χ1) is 7.31. The van der Waals surface area contributed by atoms with Gasteiger partial charge in [0.2, 0.25) is 0 Å². The van der Waals surface area contributed by atoms with Crippen molar-refractivity contribution in [3.05, 3.63) is 41.0 Å². The SMILES string of the molecule is CSc1nccc(-c2ccccc2Br)n1. The van der Waals surface area contributed by atoms with E-state index in [0.29, 0.717) is 0 Å². The summed E-state index contributed by atoms with van der Waals surface area (Å²) in [6.07, 6.45) is 3.76. The van der Waals surface area contributed by atoms with E-state index in [0.717, 1.165) is 20.9 Å². The minimum atomic E-state index is 0.795. The maximum atomic E-state index is 4.44. The Hall–Kier alpha value is -0.870. The number of hydrogen-bond acceptors (Lipinski definition) is 3. The minimum Gasteiger partial charge on any atom is -0.231 e. The van der Waals surface area contributed by atoms with E-state index in [2.05, 4.69) is 25.9 Å². The van der Waals surface area contributed by atoms with Crippen LogP contribution in [-0.4, -0.2) is 16.2 Å². The topological polar surface area (TPSA) is 25.8 Å². The van der Waals surface area contributed by atoms with Crippen LogP contribution in [0, 0.1) is 0 Å². The molecule has 15 heavy (non-hydrogen) atoms. The minimum absolute atomic E-state index is 0.795. The first-order valence-electron chi connectivity index (χ1n) is 4.43. The van der Waals surface area contributed by atoms with Crippen LogP contribution in [-0.2, 0) is 0 Å². The predicted molar refractivity (Wildman–Crippen MR) is 66.9 cm³/mol. The van der Waals surface area contributed by atoms with Gasteiger partial charge in [0.15, 0.2) is 5.16 Å². The molecule has 0 N–H and O–H groups in total. The van der Waals surface area contributed by atoms with Gasteiger partial charge >= 0.3 is 0 Å². The molecule has 0 atom stereocenters. The van der Waals surface area contributed by atoms with Gasteiger partial charge in [-0.2, -0.15) is 0 Å². The van der Waals surface area contributed by atoms with Gasteiger partial charge < -0.3 is 0 Å². The third kappa shape index (κ3) is 2.38. The molecule has 1 aromatic heterocycles. The van der Waals surface area contributed by atoms with Gasteiger partial charge in [-0.3, -0.25) is 0 Å². The van der Waals surface area contributed by atoms with Gasteiger partial charge in [-0.25, -0.2) is 9.97 Å². The Morgan fingerprint density at radius 2 is 2.00 bits per heavy atom. The van der Waals surface area contributed by atoms with Crippen LogP contribution in [0.15, 0.2) is 46.2 Å². The highest BCUT2D eigenvalue weighted by atomic mass is 79.9. The molecule has 2 aromatic rings. The summed E-state index contributed by atoms with van der Waals surface area (Å²) in [6.45, 7) is 0. The second-order valence-corrected chi connectivity index (χ2v) is 4.54. The summed E-state index contributed by atoms with van der Waals surface area (Å²) < 4.78 is 1.05. The van der Waals surface area contributed by atoms with E-state index in [1.807, 2.05) is 36.6 Å². The smallest absolute Gasteiger partial charge is 0.187 e. The van der Waals surface area contributed by atoms with Crippen molar-refractivity contribution in [2.45, 2.75) is 5.16 Å². The lowest BCUT2D eigenvalue weighted by molar-refractivity contribution is 0.976. The second kappa shape index (κ2) is 4.77. The van der Waals surface area contributed by atoms with Gasteiger partial charge in [-0.1, -0.05) is 45.9 Å². The standard InChI is InChI=1S/C11H9BrN2S/c1-15-11-13-7-6-10(14-11)8-4-2-3-5-9(8)12/h2-7H,1H3. The summed E-state index contributed by atoms with van der Waals surface area (Å²) in [5.74, 6) is 0. The number of rotatable bonds is 2. The van der Waals surface area contributed by atoms with Crippen LogP contribution >= 0.6 is 27.7 Å². The summed E-state index contributed by atoms with van der Waals surface area (Å²) in [5.41, 5.74) is 2.04. The Morgan fingerprint density at radius 1 is 1.20 bits per heavy atom. The van der Waals surface area contributed by atoms with Crippen LogP contribution in [0.5, 0.6) is 0 Å². The summed E-state index contributed by atoms with van der Waals surface area (Å²) in [5, 5.41) is 0.795. The van der Waals surface area contributed by atoms with Crippen molar-refractivity contribution >= 4 is 27.7 Å². The molecule has 2 nitrogen and oxygen atoms in total. The molecule has 0 fully saturated rings. The number of hydrogen-bond donors (Lipinski definition) is 0. The van der Waals surface area contributed by atoms with Gasteiger partial charge in [0.25, 0.3) is 0 Å². The molecule has 0 saturated carbocycles. The molecule has 4 heteroatoms. The maximum Gasteiger partial charge on any atom is 0.187 e. The normalized spacial score (nSPS) is 10.3. The Morgan fingerprint density at radius 3 is 2.73 bits per heavy atom. The molecule has 2 rings (SSSR count). The summed E-state index contributed by atoms with van der Waals surface area (Å²) in [7, 11) is 0. The van der Waals surface area contributed by atoms with Gasteiger partial charge in [0.1, 0.15) is 0 Å². The fraction of sp³-hybridized carbons (Fsp3) is 0.0909. The molecule has 0 radical (unpaired) electrons. The predicted octanol–water partition coefficient (Wildman–Crippen LogP) is 3.63. The Kier molecular flexibility index (Phi) is 3.38. The summed E-state index contributed by atoms with van der Waals surface area (Å²) >= 11 is 5.06. The quantitative estimate of drug-likeness (QED) is 0.621. The Balaban J connectivity index is 2.49. The molecule has 1 aromatic carbocycles. The highest BCUT2D eigenvalue weighted by molar-refractivity contribution is 9.10. The molecule has 0 aliphatic rings. The summed E-state index contributed by atoms with van der Waals surface area (Å²) in [6, 6.07) is 9.96. The largest absolute Gasteiger partial charge is 0.231 e. The van der Waals surface area contributed by atoms with Crippen LogP contribution in [0.4, 0.5) is 0 Å². The lowest BCUT2D eigenvalue weighted by Crippen LogP contribution is -1.89. The van der Waals surface area contributed by atoms with Crippen LogP contribution in [0.25, 0.3) is 11.3 Å². The first-order valence-corrected chi connectivity index (χ1v) is 6.45. The van der Waals surface area contributed by atoms with Crippen molar-refractivity contribution in [3.63, 3.8) is 0 Å². The monoisotopic (exact) mass is 280 g/mol. The van der Waals surface area contributed by atoms with E-state index in [-0.39, 0.29) is 0 Å². The summed E-state index contributed by atoms with van der Waals surface area (Å²) in [4.78, 5) is 8.59. The molecule has 0 saturated heterocycles. The third-order valence-corrected chi connectivity index (χ3v) is 3.22. The lowest BCUT2D eigenvalue weighted by Gasteiger charge is -2.03. The van der Waals surface area contributed by atoms with Crippen molar-refractivity contribution in [3.8, 4) is 11.3 Å². The number of aromatic nitrogens is 2. The van der Waals surface area contributed by atoms with Gasteiger partial charge in [0, 0.05) is 16.2 Å². The number of thioether (sulfide) groups is 1. The molecule has 0 aliphatic heterocycles. The van der Waals surface area contributed by atoms with Crippen LogP contribution in [0.2, 0.25) is 0 Å². The fourth-order valence-electron chi connectivity index (χ4n) is 1.26. The van der Waals surface area contributed by atoms with Gasteiger partial charge in [-0.15, -0.1) is 0 Å². The van der Waals surface area contributed by atoms with Gasteiger partial charge in [-0.05, 0) is 18.4 Å². The molecule has 0 amide bonds. The molecular formula is C11H9BrN2S. The van der Waals surface area contributed by atoms with Crippen LogP contribution < -0.4 is 0 Å². The van der Waals surface area contributed by atoms with E-state index < -0.39 is 0 Å². The van der Waals surface area contributed by atoms with E-state index in [1.54, 1.807) is 18.0 Å². The lowest BCUT2D eigenvalue weighted by atomic mass is 10.1. The molecule has 0 bridgehead atoms. The van der Waals surface area contributed by atoms with Crippen LogP contribution in [0.1, 0.15) is 0 Å². The average molecular weight is 281 g/mol. The van der Waals surface area contributed by atoms with Crippen molar-refractivity contribution < 1.29 is 0 Å². The molecular weight excluding hydrogens is 272 g/mol. The zero-order chi connectivity index (χ0) is 10.7. The van der Waals surface area contributed by atoms with Crippen molar-refractivity contribution in [2.75, 3.05) is 6.26 Å². The van der Waals surface area contributed by atoms with Crippen LogP contribution in [0.3, 0.4) is 0 Å². The molecule has 76 valence electrons. The Bertz CT molecular complexity index is 474. The van der Waals surface area contributed by atoms with Crippen molar-refractivity contribution in [1.82, 2.24) is 9.97 Å². The van der Waals surface area contributed by atoms with Crippen molar-refractivity contribution in [2.24, 2.45) is 0 Å². The maximum absolute atomic E-state index is 4.44. The Labute approximate surface area is 101 Å². The molecule has 0 spiro atoms. The highest BCUT2D eigenvalue weighted by Gasteiger charge is 2.04. The average Bonchev–Trinajstić information content (AvgIpc) is 2.30. The van der Waals surface area contributed by atoms with E-state index in [9.17, 15) is 0 Å². The zero-order valence-corrected chi connectivity index (χ0v) is 10.5. The van der Waals surface area contributed by atoms with E-state index in [1.165, 1.54) is 0 Å². The highest BCUT2D eigenvalue weighted by Crippen LogP contribution is 2.26. The third-order valence-electron chi connectivity index (χ3n) is 1.97. The van der Waals surface area contributed by atoms with Gasteiger partial charge in [0.05, 0.1) is 5.69 Å². The molecule has 0 unspecified atom stereocenters.